The van der Waals surface area contributed by atoms with E-state index in [1.165, 1.54) is 11.1 Å². The van der Waals surface area contributed by atoms with Crippen molar-refractivity contribution in [1.29, 1.82) is 0 Å². The second-order valence-corrected chi connectivity index (χ2v) is 9.26. The summed E-state index contributed by atoms with van der Waals surface area (Å²) in [5, 5.41) is 0. The Balaban J connectivity index is 1.95. The van der Waals surface area contributed by atoms with Gasteiger partial charge in [-0.05, 0) is 44.4 Å². The summed E-state index contributed by atoms with van der Waals surface area (Å²) < 4.78 is 12.6. The lowest BCUT2D eigenvalue weighted by molar-refractivity contribution is -0.140. The largest absolute Gasteiger partial charge is 0.348 e. The molecule has 3 heteroatoms. The Hall–Kier alpha value is -0.930. The summed E-state index contributed by atoms with van der Waals surface area (Å²) in [4.78, 5) is 13.4. The minimum absolute atomic E-state index is 0.0153. The first kappa shape index (κ1) is 16.5. The van der Waals surface area contributed by atoms with E-state index in [2.05, 4.69) is 34.3 Å². The lowest BCUT2D eigenvalue weighted by atomic mass is 9.49. The van der Waals surface area contributed by atoms with E-state index < -0.39 is 5.60 Å². The maximum absolute atomic E-state index is 13.4. The highest BCUT2D eigenvalue weighted by Gasteiger charge is 2.66. The summed E-state index contributed by atoms with van der Waals surface area (Å²) in [5.41, 5.74) is 2.75. The Morgan fingerprint density at radius 1 is 1.17 bits per heavy atom. The van der Waals surface area contributed by atoms with Crippen molar-refractivity contribution in [3.63, 3.8) is 0 Å². The summed E-state index contributed by atoms with van der Waals surface area (Å²) in [7, 11) is 0. The zero-order valence-electron chi connectivity index (χ0n) is 15.5. The van der Waals surface area contributed by atoms with Crippen LogP contribution >= 0.6 is 0 Å². The quantitative estimate of drug-likeness (QED) is 0.610. The number of ether oxygens (including phenoxy) is 2. The Kier molecular flexibility index (Phi) is 3.48. The molecule has 0 amide bonds. The molecule has 4 aliphatic rings. The van der Waals surface area contributed by atoms with Crippen LogP contribution in [0.2, 0.25) is 0 Å². The summed E-state index contributed by atoms with van der Waals surface area (Å²) in [6.07, 6.45) is 5.75. The minimum atomic E-state index is -0.399. The summed E-state index contributed by atoms with van der Waals surface area (Å²) in [5.74, 6) is 0.546. The Morgan fingerprint density at radius 2 is 1.92 bits per heavy atom. The predicted octanol–water partition coefficient (Wildman–Crippen LogP) is 4.57. The van der Waals surface area contributed by atoms with Crippen molar-refractivity contribution >= 4 is 5.78 Å². The summed E-state index contributed by atoms with van der Waals surface area (Å²) in [6, 6.07) is 0. The highest BCUT2D eigenvalue weighted by atomic mass is 16.7. The standard InChI is InChI=1S/C21H30O3/c1-13-7-6-9-20(5)11-15(22)16-14(2)8-10-21(19(16,3)4)18(17(13)20)23-12-24-21/h17-18H,1,6-12H2,2-5H3/t17-,18-,20-,21+/m0/s1. The molecule has 132 valence electrons. The normalized spacial score (nSPS) is 44.7. The monoisotopic (exact) mass is 330 g/mol. The molecular formula is C21H30O3. The molecule has 0 radical (unpaired) electrons. The second kappa shape index (κ2) is 5.04. The lowest BCUT2D eigenvalue weighted by Gasteiger charge is -2.57. The van der Waals surface area contributed by atoms with E-state index in [4.69, 9.17) is 9.47 Å². The lowest BCUT2D eigenvalue weighted by Crippen LogP contribution is -2.62. The van der Waals surface area contributed by atoms with E-state index in [1.807, 2.05) is 0 Å². The van der Waals surface area contributed by atoms with E-state index in [0.29, 0.717) is 19.0 Å². The van der Waals surface area contributed by atoms with Gasteiger partial charge in [-0.15, -0.1) is 0 Å². The molecule has 0 aromatic rings. The first-order chi connectivity index (χ1) is 11.2. The zero-order valence-corrected chi connectivity index (χ0v) is 15.5. The molecule has 0 unspecified atom stereocenters. The molecule has 3 nitrogen and oxygen atoms in total. The van der Waals surface area contributed by atoms with Gasteiger partial charge in [-0.1, -0.05) is 38.5 Å². The molecule has 3 aliphatic carbocycles. The smallest absolute Gasteiger partial charge is 0.160 e. The van der Waals surface area contributed by atoms with Crippen LogP contribution in [0, 0.1) is 16.7 Å². The van der Waals surface area contributed by atoms with E-state index in [-0.39, 0.29) is 22.9 Å². The predicted molar refractivity (Wildman–Crippen MR) is 93.5 cm³/mol. The molecule has 0 aromatic carbocycles. The van der Waals surface area contributed by atoms with Gasteiger partial charge in [-0.3, -0.25) is 4.79 Å². The molecule has 1 heterocycles. The van der Waals surface area contributed by atoms with Crippen molar-refractivity contribution in [3.05, 3.63) is 23.3 Å². The molecule has 4 atom stereocenters. The molecule has 24 heavy (non-hydrogen) atoms. The van der Waals surface area contributed by atoms with Gasteiger partial charge in [0.2, 0.25) is 0 Å². The Morgan fingerprint density at radius 3 is 2.67 bits per heavy atom. The van der Waals surface area contributed by atoms with Gasteiger partial charge in [0.15, 0.2) is 5.78 Å². The van der Waals surface area contributed by atoms with Gasteiger partial charge < -0.3 is 9.47 Å². The molecule has 1 saturated heterocycles. The fourth-order valence-corrected chi connectivity index (χ4v) is 6.44. The molecule has 0 aromatic heterocycles. The average Bonchev–Trinajstić information content (AvgIpc) is 2.87. The molecule has 3 fully saturated rings. The van der Waals surface area contributed by atoms with Crippen LogP contribution in [0.3, 0.4) is 0 Å². The molecule has 2 saturated carbocycles. The van der Waals surface area contributed by atoms with Crippen LogP contribution in [0.15, 0.2) is 23.3 Å². The number of fused-ring (bicyclic) bond motifs is 3. The average molecular weight is 330 g/mol. The van der Waals surface area contributed by atoms with Crippen LogP contribution in [0.25, 0.3) is 0 Å². The van der Waals surface area contributed by atoms with Crippen molar-refractivity contribution in [3.8, 4) is 0 Å². The summed E-state index contributed by atoms with van der Waals surface area (Å²) in [6.45, 7) is 13.5. The topological polar surface area (TPSA) is 35.5 Å². The first-order valence-electron chi connectivity index (χ1n) is 9.40. The molecule has 1 aliphatic heterocycles. The first-order valence-corrected chi connectivity index (χ1v) is 9.40. The van der Waals surface area contributed by atoms with Crippen LogP contribution < -0.4 is 0 Å². The highest BCUT2D eigenvalue weighted by Crippen LogP contribution is 2.62. The van der Waals surface area contributed by atoms with Crippen LogP contribution in [-0.2, 0) is 14.3 Å². The fourth-order valence-electron chi connectivity index (χ4n) is 6.44. The maximum atomic E-state index is 13.4. The Bertz CT molecular complexity index is 643. The number of carbonyl (C=O) groups excluding carboxylic acids is 1. The zero-order chi connectivity index (χ0) is 17.3. The number of Topliss-reactive ketones (excluding diaryl/α,β-unsaturated/α-hetero) is 1. The number of hydrogen-bond donors (Lipinski definition) is 0. The maximum Gasteiger partial charge on any atom is 0.160 e. The number of ketones is 1. The van der Waals surface area contributed by atoms with E-state index >= 15 is 0 Å². The van der Waals surface area contributed by atoms with Crippen molar-refractivity contribution in [2.75, 3.05) is 6.79 Å². The second-order valence-electron chi connectivity index (χ2n) is 9.26. The number of rotatable bonds is 0. The molecule has 0 N–H and O–H groups in total. The van der Waals surface area contributed by atoms with Gasteiger partial charge in [0, 0.05) is 23.3 Å². The van der Waals surface area contributed by atoms with Crippen LogP contribution in [0.1, 0.15) is 66.2 Å². The van der Waals surface area contributed by atoms with Gasteiger partial charge >= 0.3 is 0 Å². The Labute approximate surface area is 145 Å². The molecule has 1 spiro atoms. The fraction of sp³-hybridized carbons (Fsp3) is 0.762. The van der Waals surface area contributed by atoms with Gasteiger partial charge in [-0.2, -0.15) is 0 Å². The number of hydrogen-bond acceptors (Lipinski definition) is 3. The van der Waals surface area contributed by atoms with Crippen molar-refractivity contribution < 1.29 is 14.3 Å². The van der Waals surface area contributed by atoms with Gasteiger partial charge in [0.25, 0.3) is 0 Å². The van der Waals surface area contributed by atoms with Crippen molar-refractivity contribution in [2.45, 2.75) is 77.9 Å². The SMILES string of the molecule is C=C1CCC[C@@]2(C)CC(=O)C3=C(C)CC[C@]4(OCO[C@H]4[C@H]12)C3(C)C. The number of carbonyl (C=O) groups is 1. The third kappa shape index (κ3) is 1.89. The minimum Gasteiger partial charge on any atom is -0.348 e. The van der Waals surface area contributed by atoms with Gasteiger partial charge in [-0.25, -0.2) is 0 Å². The third-order valence-corrected chi connectivity index (χ3v) is 7.59. The van der Waals surface area contributed by atoms with E-state index in [0.717, 1.165) is 37.7 Å². The van der Waals surface area contributed by atoms with Crippen LogP contribution in [-0.4, -0.2) is 24.3 Å². The van der Waals surface area contributed by atoms with E-state index in [1.54, 1.807) is 0 Å². The highest BCUT2D eigenvalue weighted by molar-refractivity contribution is 5.98. The van der Waals surface area contributed by atoms with Crippen molar-refractivity contribution in [2.24, 2.45) is 16.7 Å². The van der Waals surface area contributed by atoms with Crippen molar-refractivity contribution in [1.82, 2.24) is 0 Å². The van der Waals surface area contributed by atoms with Crippen LogP contribution in [0.5, 0.6) is 0 Å². The van der Waals surface area contributed by atoms with E-state index in [9.17, 15) is 4.79 Å². The van der Waals surface area contributed by atoms with Gasteiger partial charge in [0.1, 0.15) is 12.4 Å². The summed E-state index contributed by atoms with van der Waals surface area (Å²) >= 11 is 0. The third-order valence-electron chi connectivity index (χ3n) is 7.59. The number of allylic oxidation sites excluding steroid dienone is 1. The molecule has 4 rings (SSSR count). The van der Waals surface area contributed by atoms with Gasteiger partial charge in [0.05, 0.1) is 6.10 Å². The molecule has 2 bridgehead atoms. The molecular weight excluding hydrogens is 300 g/mol. The van der Waals surface area contributed by atoms with Crippen LogP contribution in [0.4, 0.5) is 0 Å².